The number of nitrogens with one attached hydrogen (secondary N) is 1. The Morgan fingerprint density at radius 3 is 2.36 bits per heavy atom. The van der Waals surface area contributed by atoms with Crippen molar-refractivity contribution in [3.63, 3.8) is 0 Å². The van der Waals surface area contributed by atoms with Crippen LogP contribution in [0.5, 0.6) is 5.75 Å². The molecule has 28 heavy (non-hydrogen) atoms. The summed E-state index contributed by atoms with van der Waals surface area (Å²) in [6.45, 7) is 1.03. The summed E-state index contributed by atoms with van der Waals surface area (Å²) in [6, 6.07) is 9.45. The van der Waals surface area contributed by atoms with E-state index < -0.39 is 23.5 Å². The Hall–Kier alpha value is -3.19. The molecule has 0 aliphatic carbocycles. The van der Waals surface area contributed by atoms with Crippen molar-refractivity contribution in [3.05, 3.63) is 65.5 Å². The average Bonchev–Trinajstić information content (AvgIpc) is 2.97. The number of Topliss-reactive ketones (excluding diaryl/α,β-unsaturated/α-hetero) is 1. The number of rotatable bonds is 6. The summed E-state index contributed by atoms with van der Waals surface area (Å²) in [5.41, 5.74) is 1.02. The predicted octanol–water partition coefficient (Wildman–Crippen LogP) is -0.541. The lowest BCUT2D eigenvalue weighted by molar-refractivity contribution is -0.857. The first-order chi connectivity index (χ1) is 13.4. The highest BCUT2D eigenvalue weighted by Crippen LogP contribution is 2.38. The van der Waals surface area contributed by atoms with Gasteiger partial charge in [-0.1, -0.05) is 17.9 Å². The number of methoxy groups -OCH3 is 1. The molecule has 0 radical (unpaired) electrons. The van der Waals surface area contributed by atoms with Gasteiger partial charge in [0, 0.05) is 18.0 Å². The fourth-order valence-electron chi connectivity index (χ4n) is 3.24. The molecule has 1 aliphatic rings. The fourth-order valence-corrected chi connectivity index (χ4v) is 3.24. The quantitative estimate of drug-likeness (QED) is 0.413. The molecule has 7 heteroatoms. The number of hydrogen-bond donors (Lipinski definition) is 1. The zero-order valence-electron chi connectivity index (χ0n) is 16.1. The Morgan fingerprint density at radius 2 is 1.79 bits per heavy atom. The second kappa shape index (κ2) is 8.22. The van der Waals surface area contributed by atoms with Crippen molar-refractivity contribution >= 4 is 17.4 Å². The third-order valence-electron chi connectivity index (χ3n) is 4.76. The summed E-state index contributed by atoms with van der Waals surface area (Å²) in [7, 11) is 5.50. The van der Waals surface area contributed by atoms with Gasteiger partial charge in [-0.3, -0.25) is 14.6 Å². The van der Waals surface area contributed by atoms with Gasteiger partial charge in [0.25, 0.3) is 5.91 Å². The van der Waals surface area contributed by atoms with Gasteiger partial charge in [-0.25, -0.2) is 0 Å². The minimum atomic E-state index is -0.739. The van der Waals surface area contributed by atoms with Crippen LogP contribution in [0, 0.1) is 0 Å². The van der Waals surface area contributed by atoms with Crippen LogP contribution in [0.25, 0.3) is 5.76 Å². The van der Waals surface area contributed by atoms with Crippen molar-refractivity contribution in [2.24, 2.45) is 0 Å². The molecule has 146 valence electrons. The molecule has 0 spiro atoms. The third kappa shape index (κ3) is 3.75. The molecule has 1 aliphatic heterocycles. The van der Waals surface area contributed by atoms with Gasteiger partial charge < -0.3 is 19.6 Å². The number of carbonyl (C=O) groups is 2. The fraction of sp³-hybridized carbons (Fsp3) is 0.286. The van der Waals surface area contributed by atoms with Crippen LogP contribution >= 0.6 is 0 Å². The van der Waals surface area contributed by atoms with E-state index in [0.717, 1.165) is 4.90 Å². The van der Waals surface area contributed by atoms with E-state index in [1.54, 1.807) is 43.5 Å². The Bertz CT molecular complexity index is 892. The average molecular weight is 381 g/mol. The number of benzene rings is 1. The van der Waals surface area contributed by atoms with Gasteiger partial charge in [-0.15, -0.1) is 0 Å². The van der Waals surface area contributed by atoms with E-state index in [9.17, 15) is 14.7 Å². The Kier molecular flexibility index (Phi) is 5.75. The maximum atomic E-state index is 13.1. The standard InChI is InChI=1S/C21H23N3O4/c1-23(2)12-13-24-18(14-4-6-16(28-3)7-5-14)17(20(26)21(24)27)19(25)15-8-10-22-11-9-15/h4-11,18,25H,12-13H2,1-3H3. The van der Waals surface area contributed by atoms with Crippen LogP contribution in [0.1, 0.15) is 17.2 Å². The van der Waals surface area contributed by atoms with E-state index in [0.29, 0.717) is 30.0 Å². The van der Waals surface area contributed by atoms with E-state index in [2.05, 4.69) is 4.98 Å². The van der Waals surface area contributed by atoms with E-state index in [4.69, 9.17) is 4.74 Å². The van der Waals surface area contributed by atoms with E-state index in [1.807, 2.05) is 14.1 Å². The Morgan fingerprint density at radius 1 is 1.14 bits per heavy atom. The molecule has 7 nitrogen and oxygen atoms in total. The normalized spacial score (nSPS) is 18.7. The molecule has 1 saturated heterocycles. The van der Waals surface area contributed by atoms with Gasteiger partial charge in [0.15, 0.2) is 0 Å². The maximum Gasteiger partial charge on any atom is 0.295 e. The topological polar surface area (TPSA) is 87.0 Å². The largest absolute Gasteiger partial charge is 0.872 e. The lowest BCUT2D eigenvalue weighted by Crippen LogP contribution is -3.06. The van der Waals surface area contributed by atoms with Gasteiger partial charge in [0.2, 0.25) is 5.78 Å². The number of hydrogen-bond acceptors (Lipinski definition) is 5. The summed E-state index contributed by atoms with van der Waals surface area (Å²) in [4.78, 5) is 32.1. The number of carbonyl (C=O) groups excluding carboxylic acids is 2. The van der Waals surface area contributed by atoms with Crippen LogP contribution in [-0.2, 0) is 9.59 Å². The molecule has 3 rings (SSSR count). The molecule has 2 aromatic rings. The zero-order valence-corrected chi connectivity index (χ0v) is 16.1. The number of ether oxygens (including phenoxy) is 1. The van der Waals surface area contributed by atoms with Crippen molar-refractivity contribution in [1.29, 1.82) is 0 Å². The molecule has 0 saturated carbocycles. The number of aromatic nitrogens is 1. The van der Waals surface area contributed by atoms with Crippen LogP contribution < -0.4 is 14.7 Å². The smallest absolute Gasteiger partial charge is 0.295 e. The highest BCUT2D eigenvalue weighted by atomic mass is 16.5. The Balaban J connectivity index is 2.12. The molecule has 1 aromatic heterocycles. The molecular formula is C21H23N3O4. The monoisotopic (exact) mass is 381 g/mol. The Labute approximate surface area is 163 Å². The SMILES string of the molecule is COc1ccc(C2C(=C([O-])c3ccncc3)C(=O)C(=O)N2CC[NH+](C)C)cc1. The molecule has 0 bridgehead atoms. The van der Waals surface area contributed by atoms with Gasteiger partial charge in [0.05, 0.1) is 40.3 Å². The number of nitrogens with zero attached hydrogens (tertiary/aromatic N) is 2. The molecule has 1 fully saturated rings. The summed E-state index contributed by atoms with van der Waals surface area (Å²) in [5.74, 6) is -1.16. The molecule has 1 aromatic carbocycles. The van der Waals surface area contributed by atoms with Crippen molar-refractivity contribution in [2.45, 2.75) is 6.04 Å². The summed E-state index contributed by atoms with van der Waals surface area (Å²) in [6.07, 6.45) is 2.98. The first-order valence-corrected chi connectivity index (χ1v) is 9.04. The van der Waals surface area contributed by atoms with Crippen LogP contribution in [0.4, 0.5) is 0 Å². The van der Waals surface area contributed by atoms with Crippen molar-refractivity contribution in [3.8, 4) is 5.75 Å². The maximum absolute atomic E-state index is 13.1. The van der Waals surface area contributed by atoms with E-state index in [1.165, 1.54) is 17.3 Å². The first kappa shape index (κ1) is 19.6. The van der Waals surface area contributed by atoms with Crippen LogP contribution in [0.3, 0.4) is 0 Å². The predicted molar refractivity (Wildman–Crippen MR) is 101 cm³/mol. The van der Waals surface area contributed by atoms with Gasteiger partial charge >= 0.3 is 0 Å². The van der Waals surface area contributed by atoms with Crippen molar-refractivity contribution in [1.82, 2.24) is 9.88 Å². The first-order valence-electron chi connectivity index (χ1n) is 9.04. The molecule has 1 unspecified atom stereocenters. The molecule has 2 heterocycles. The number of likely N-dealkylation sites (tertiary alicyclic amines) is 1. The van der Waals surface area contributed by atoms with Crippen LogP contribution in [-0.4, -0.2) is 55.9 Å². The second-order valence-corrected chi connectivity index (χ2v) is 6.94. The molecule has 1 N–H and O–H groups in total. The number of amides is 1. The molecular weight excluding hydrogens is 358 g/mol. The highest BCUT2D eigenvalue weighted by molar-refractivity contribution is 6.46. The number of likely N-dealkylation sites (N-methyl/N-ethyl adjacent to an activating group) is 1. The van der Waals surface area contributed by atoms with Crippen LogP contribution in [0.2, 0.25) is 0 Å². The van der Waals surface area contributed by atoms with Gasteiger partial charge in [-0.2, -0.15) is 0 Å². The van der Waals surface area contributed by atoms with Gasteiger partial charge in [0.1, 0.15) is 5.75 Å². The highest BCUT2D eigenvalue weighted by Gasteiger charge is 2.44. The number of ketones is 1. The lowest BCUT2D eigenvalue weighted by Gasteiger charge is -2.27. The minimum absolute atomic E-state index is 0.0184. The van der Waals surface area contributed by atoms with Crippen molar-refractivity contribution in [2.75, 3.05) is 34.3 Å². The third-order valence-corrected chi connectivity index (χ3v) is 4.76. The summed E-state index contributed by atoms with van der Waals surface area (Å²) < 4.78 is 5.19. The number of quaternary nitrogens is 1. The second-order valence-electron chi connectivity index (χ2n) is 6.94. The van der Waals surface area contributed by atoms with E-state index >= 15 is 0 Å². The summed E-state index contributed by atoms with van der Waals surface area (Å²) >= 11 is 0. The summed E-state index contributed by atoms with van der Waals surface area (Å²) in [5, 5.41) is 13.1. The van der Waals surface area contributed by atoms with Gasteiger partial charge in [-0.05, 0) is 35.4 Å². The molecule has 1 amide bonds. The molecule has 1 atom stereocenters. The van der Waals surface area contributed by atoms with Crippen molar-refractivity contribution < 1.29 is 24.3 Å². The van der Waals surface area contributed by atoms with E-state index in [-0.39, 0.29) is 5.57 Å². The zero-order chi connectivity index (χ0) is 20.3. The minimum Gasteiger partial charge on any atom is -0.872 e. The number of pyridine rings is 1. The van der Waals surface area contributed by atoms with Crippen LogP contribution in [0.15, 0.2) is 54.4 Å². The lowest BCUT2D eigenvalue weighted by atomic mass is 9.95.